The molecule has 0 radical (unpaired) electrons. The molecule has 1 aliphatic heterocycles. The van der Waals surface area contributed by atoms with Crippen molar-refractivity contribution in [2.75, 3.05) is 26.2 Å². The maximum absolute atomic E-state index is 12.0. The van der Waals surface area contributed by atoms with Crippen LogP contribution in [0.1, 0.15) is 23.2 Å². The Labute approximate surface area is 120 Å². The van der Waals surface area contributed by atoms with Gasteiger partial charge in [-0.3, -0.25) is 4.79 Å². The molecule has 1 aliphatic rings. The molecule has 1 aromatic carbocycles. The Morgan fingerprint density at radius 2 is 2.25 bits per heavy atom. The van der Waals surface area contributed by atoms with E-state index in [-0.39, 0.29) is 5.91 Å². The van der Waals surface area contributed by atoms with E-state index in [0.717, 1.165) is 25.4 Å². The van der Waals surface area contributed by atoms with E-state index in [1.165, 1.54) is 12.8 Å². The van der Waals surface area contributed by atoms with E-state index in [2.05, 4.69) is 17.2 Å². The summed E-state index contributed by atoms with van der Waals surface area (Å²) in [5.41, 5.74) is 0.666. The summed E-state index contributed by atoms with van der Waals surface area (Å²) in [6, 6.07) is 7.18. The molecule has 1 heterocycles. The third-order valence-corrected chi connectivity index (χ3v) is 3.43. The molecular weight excluding hydrogens is 252 g/mol. The van der Waals surface area contributed by atoms with Gasteiger partial charge in [0.05, 0.1) is 0 Å². The van der Waals surface area contributed by atoms with E-state index in [1.54, 1.807) is 30.3 Å². The summed E-state index contributed by atoms with van der Waals surface area (Å²) < 4.78 is 5.39. The van der Waals surface area contributed by atoms with Gasteiger partial charge in [0.25, 0.3) is 5.91 Å². The van der Waals surface area contributed by atoms with Crippen LogP contribution in [0.4, 0.5) is 0 Å². The summed E-state index contributed by atoms with van der Waals surface area (Å²) in [6.45, 7) is 6.89. The minimum absolute atomic E-state index is 0.0224. The molecule has 2 N–H and O–H groups in total. The highest BCUT2D eigenvalue weighted by molar-refractivity contribution is 5.94. The highest BCUT2D eigenvalue weighted by atomic mass is 16.5. The van der Waals surface area contributed by atoms with Gasteiger partial charge in [-0.2, -0.15) is 0 Å². The van der Waals surface area contributed by atoms with Crippen molar-refractivity contribution in [3.63, 3.8) is 0 Å². The minimum atomic E-state index is -0.0224. The molecule has 1 amide bonds. The monoisotopic (exact) mass is 274 g/mol. The molecule has 0 spiro atoms. The summed E-state index contributed by atoms with van der Waals surface area (Å²) in [4.78, 5) is 12.0. The lowest BCUT2D eigenvalue weighted by molar-refractivity contribution is 0.0945. The van der Waals surface area contributed by atoms with Gasteiger partial charge in [0.1, 0.15) is 12.4 Å². The summed E-state index contributed by atoms with van der Waals surface area (Å²) >= 11 is 0. The fraction of sp³-hybridized carbons (Fsp3) is 0.438. The van der Waals surface area contributed by atoms with Gasteiger partial charge in [0.2, 0.25) is 0 Å². The van der Waals surface area contributed by atoms with Crippen molar-refractivity contribution in [3.05, 3.63) is 42.5 Å². The minimum Gasteiger partial charge on any atom is -0.490 e. The molecule has 1 atom stereocenters. The average Bonchev–Trinajstić information content (AvgIpc) is 2.52. The number of carbonyl (C=O) groups is 1. The summed E-state index contributed by atoms with van der Waals surface area (Å²) in [7, 11) is 0. The second kappa shape index (κ2) is 7.70. The van der Waals surface area contributed by atoms with Crippen LogP contribution < -0.4 is 15.4 Å². The molecule has 108 valence electrons. The standard InChI is InChI=1S/C16H22N2O2/c1-2-10-20-15-7-5-14(6-8-15)16(19)18-12-13-4-3-9-17-11-13/h2,5-8,13,17H,1,3-4,9-12H2,(H,18,19). The van der Waals surface area contributed by atoms with Crippen LogP contribution >= 0.6 is 0 Å². The van der Waals surface area contributed by atoms with Crippen molar-refractivity contribution in [3.8, 4) is 5.75 Å². The molecule has 2 rings (SSSR count). The summed E-state index contributed by atoms with van der Waals surface area (Å²) in [5.74, 6) is 1.27. The molecule has 4 nitrogen and oxygen atoms in total. The van der Waals surface area contributed by atoms with Gasteiger partial charge >= 0.3 is 0 Å². The van der Waals surface area contributed by atoms with Crippen LogP contribution in [0.25, 0.3) is 0 Å². The Balaban J connectivity index is 1.80. The van der Waals surface area contributed by atoms with Gasteiger partial charge in [-0.05, 0) is 56.1 Å². The Morgan fingerprint density at radius 1 is 1.45 bits per heavy atom. The Morgan fingerprint density at radius 3 is 2.90 bits per heavy atom. The molecule has 20 heavy (non-hydrogen) atoms. The molecule has 0 bridgehead atoms. The number of ether oxygens (including phenoxy) is 1. The Kier molecular flexibility index (Phi) is 5.62. The van der Waals surface area contributed by atoms with E-state index >= 15 is 0 Å². The van der Waals surface area contributed by atoms with Crippen LogP contribution in [0.3, 0.4) is 0 Å². The number of nitrogens with one attached hydrogen (secondary N) is 2. The number of hydrogen-bond acceptors (Lipinski definition) is 3. The quantitative estimate of drug-likeness (QED) is 0.780. The molecule has 4 heteroatoms. The maximum atomic E-state index is 12.0. The summed E-state index contributed by atoms with van der Waals surface area (Å²) in [5, 5.41) is 6.34. The normalized spacial score (nSPS) is 18.3. The first-order chi connectivity index (χ1) is 9.79. The number of carbonyl (C=O) groups excluding carboxylic acids is 1. The van der Waals surface area contributed by atoms with Gasteiger partial charge < -0.3 is 15.4 Å². The second-order valence-electron chi connectivity index (χ2n) is 5.05. The maximum Gasteiger partial charge on any atom is 0.251 e. The van der Waals surface area contributed by atoms with Gasteiger partial charge in [0.15, 0.2) is 0 Å². The molecule has 0 aliphatic carbocycles. The van der Waals surface area contributed by atoms with Crippen LogP contribution in [-0.2, 0) is 0 Å². The molecule has 0 aromatic heterocycles. The number of benzene rings is 1. The molecular formula is C16H22N2O2. The number of hydrogen-bond donors (Lipinski definition) is 2. The first kappa shape index (κ1) is 14.6. The Bertz CT molecular complexity index is 436. The van der Waals surface area contributed by atoms with E-state index in [4.69, 9.17) is 4.74 Å². The highest BCUT2D eigenvalue weighted by Crippen LogP contribution is 2.13. The topological polar surface area (TPSA) is 50.4 Å². The molecule has 1 aromatic rings. The highest BCUT2D eigenvalue weighted by Gasteiger charge is 2.14. The van der Waals surface area contributed by atoms with Crippen molar-refractivity contribution < 1.29 is 9.53 Å². The Hall–Kier alpha value is -1.81. The second-order valence-corrected chi connectivity index (χ2v) is 5.05. The zero-order valence-corrected chi connectivity index (χ0v) is 11.7. The van der Waals surface area contributed by atoms with Gasteiger partial charge in [-0.15, -0.1) is 0 Å². The van der Waals surface area contributed by atoms with Crippen LogP contribution in [0.2, 0.25) is 0 Å². The van der Waals surface area contributed by atoms with Crippen LogP contribution in [-0.4, -0.2) is 32.1 Å². The average molecular weight is 274 g/mol. The lowest BCUT2D eigenvalue weighted by Gasteiger charge is -2.22. The smallest absolute Gasteiger partial charge is 0.251 e. The number of amides is 1. The van der Waals surface area contributed by atoms with E-state index in [1.807, 2.05) is 0 Å². The molecule has 1 unspecified atom stereocenters. The van der Waals surface area contributed by atoms with E-state index in [9.17, 15) is 4.79 Å². The van der Waals surface area contributed by atoms with Gasteiger partial charge in [-0.1, -0.05) is 12.7 Å². The predicted octanol–water partition coefficient (Wildman–Crippen LogP) is 1.98. The van der Waals surface area contributed by atoms with Crippen LogP contribution in [0.15, 0.2) is 36.9 Å². The fourth-order valence-electron chi connectivity index (χ4n) is 2.29. The van der Waals surface area contributed by atoms with Crippen LogP contribution in [0, 0.1) is 5.92 Å². The zero-order chi connectivity index (χ0) is 14.2. The van der Waals surface area contributed by atoms with Gasteiger partial charge in [-0.25, -0.2) is 0 Å². The van der Waals surface area contributed by atoms with Crippen molar-refractivity contribution in [2.45, 2.75) is 12.8 Å². The SMILES string of the molecule is C=CCOc1ccc(C(=O)NCC2CCCNC2)cc1. The third kappa shape index (κ3) is 4.38. The van der Waals surface area contributed by atoms with Crippen molar-refractivity contribution in [1.29, 1.82) is 0 Å². The molecule has 0 saturated carbocycles. The first-order valence-corrected chi connectivity index (χ1v) is 7.12. The lowest BCUT2D eigenvalue weighted by atomic mass is 10.00. The largest absolute Gasteiger partial charge is 0.490 e. The zero-order valence-electron chi connectivity index (χ0n) is 11.7. The first-order valence-electron chi connectivity index (χ1n) is 7.12. The number of rotatable bonds is 6. The summed E-state index contributed by atoms with van der Waals surface area (Å²) in [6.07, 6.45) is 4.07. The molecule has 1 fully saturated rings. The predicted molar refractivity (Wildman–Crippen MR) is 80.1 cm³/mol. The van der Waals surface area contributed by atoms with Crippen LogP contribution in [0.5, 0.6) is 5.75 Å². The fourth-order valence-corrected chi connectivity index (χ4v) is 2.29. The number of piperidine rings is 1. The molecule has 1 saturated heterocycles. The van der Waals surface area contributed by atoms with Crippen molar-refractivity contribution >= 4 is 5.91 Å². The van der Waals surface area contributed by atoms with E-state index in [0.29, 0.717) is 18.1 Å². The van der Waals surface area contributed by atoms with Crippen molar-refractivity contribution in [1.82, 2.24) is 10.6 Å². The lowest BCUT2D eigenvalue weighted by Crippen LogP contribution is -2.38. The van der Waals surface area contributed by atoms with Crippen molar-refractivity contribution in [2.24, 2.45) is 5.92 Å². The van der Waals surface area contributed by atoms with E-state index < -0.39 is 0 Å². The third-order valence-electron chi connectivity index (χ3n) is 3.43. The van der Waals surface area contributed by atoms with Gasteiger partial charge in [0, 0.05) is 12.1 Å².